The van der Waals surface area contributed by atoms with Crippen molar-refractivity contribution in [3.63, 3.8) is 0 Å². The second kappa shape index (κ2) is 17.5. The number of benzene rings is 2. The van der Waals surface area contributed by atoms with E-state index in [1.54, 1.807) is 47.5 Å². The largest absolute Gasteiger partial charge is 0.480 e. The predicted octanol–water partition coefficient (Wildman–Crippen LogP) is 6.97. The molecule has 2 aliphatic heterocycles. The molecule has 2 aromatic carbocycles. The topological polar surface area (TPSA) is 170 Å². The molecule has 308 valence electrons. The highest BCUT2D eigenvalue weighted by atomic mass is 19.4. The first-order valence-electron chi connectivity index (χ1n) is 17.8. The molecule has 1 atom stereocenters. The summed E-state index contributed by atoms with van der Waals surface area (Å²) < 4.78 is 91.6. The molecule has 4 aromatic rings. The molecule has 0 saturated carbocycles. The molecule has 0 saturated heterocycles. The van der Waals surface area contributed by atoms with Crippen LogP contribution in [-0.2, 0) is 66.0 Å². The molecule has 4 heterocycles. The molecule has 2 aliphatic rings. The smallest absolute Gasteiger partial charge is 0.416 e. The van der Waals surface area contributed by atoms with Crippen LogP contribution in [0.4, 0.5) is 47.6 Å². The molecule has 20 heteroatoms. The van der Waals surface area contributed by atoms with Gasteiger partial charge in [0, 0.05) is 38.3 Å². The lowest BCUT2D eigenvalue weighted by molar-refractivity contribution is -0.138. The molecular formula is C37H42F6N8O6. The van der Waals surface area contributed by atoms with Crippen molar-refractivity contribution in [3.8, 4) is 0 Å². The molecule has 0 spiro atoms. The monoisotopic (exact) mass is 808 g/mol. The number of ether oxygens (including phenoxy) is 2. The lowest BCUT2D eigenvalue weighted by Gasteiger charge is -2.20. The summed E-state index contributed by atoms with van der Waals surface area (Å²) in [5, 5.41) is 20.3. The molecule has 2 aromatic heterocycles. The Kier molecular flexibility index (Phi) is 12.9. The number of nitrogen functional groups attached to an aromatic ring is 1. The van der Waals surface area contributed by atoms with E-state index in [0.717, 1.165) is 30.0 Å². The SMILES string of the molecule is Cc1cc(COC(=O)N2CCCn3nc(N)cc3C2)cc(C(F)(F)F)c1.Cc1cc(COC(=O)N2CCCn3nc(NC(C)C(=O)O)cc3C2)cc(C(F)(F)F)c1. The highest BCUT2D eigenvalue weighted by Gasteiger charge is 2.32. The maximum absolute atomic E-state index is 13.0. The number of carboxylic acids is 1. The van der Waals surface area contributed by atoms with E-state index in [1.807, 2.05) is 0 Å². The van der Waals surface area contributed by atoms with Crippen LogP contribution in [-0.4, -0.2) is 71.8 Å². The van der Waals surface area contributed by atoms with Gasteiger partial charge >= 0.3 is 30.5 Å². The van der Waals surface area contributed by atoms with Gasteiger partial charge in [0.05, 0.1) is 35.6 Å². The Bertz CT molecular complexity index is 2080. The number of alkyl halides is 6. The van der Waals surface area contributed by atoms with Crippen molar-refractivity contribution in [1.82, 2.24) is 29.4 Å². The number of aryl methyl sites for hydroxylation is 4. The maximum atomic E-state index is 13.0. The number of aliphatic carboxylic acids is 1. The summed E-state index contributed by atoms with van der Waals surface area (Å²) in [6.07, 6.45) is -8.84. The number of rotatable bonds is 7. The van der Waals surface area contributed by atoms with Gasteiger partial charge in [-0.3, -0.25) is 14.2 Å². The van der Waals surface area contributed by atoms with Gasteiger partial charge in [0.1, 0.15) is 30.9 Å². The van der Waals surface area contributed by atoms with Gasteiger partial charge in [0.2, 0.25) is 0 Å². The van der Waals surface area contributed by atoms with Gasteiger partial charge < -0.3 is 35.4 Å². The lowest BCUT2D eigenvalue weighted by atomic mass is 10.1. The number of hydrogen-bond donors (Lipinski definition) is 3. The first-order valence-corrected chi connectivity index (χ1v) is 17.8. The van der Waals surface area contributed by atoms with Gasteiger partial charge in [0.25, 0.3) is 0 Å². The number of carboxylic acid groups (broad SMARTS) is 1. The summed E-state index contributed by atoms with van der Waals surface area (Å²) in [5.41, 5.74) is 7.07. The molecule has 14 nitrogen and oxygen atoms in total. The summed E-state index contributed by atoms with van der Waals surface area (Å²) >= 11 is 0. The van der Waals surface area contributed by atoms with E-state index in [-0.39, 0.29) is 25.3 Å². The van der Waals surface area contributed by atoms with E-state index in [1.165, 1.54) is 16.7 Å². The van der Waals surface area contributed by atoms with E-state index in [2.05, 4.69) is 15.5 Å². The van der Waals surface area contributed by atoms with Crippen molar-refractivity contribution in [3.05, 3.63) is 93.3 Å². The van der Waals surface area contributed by atoms with Gasteiger partial charge in [-0.1, -0.05) is 23.3 Å². The fourth-order valence-electron chi connectivity index (χ4n) is 6.30. The molecular weight excluding hydrogens is 766 g/mol. The van der Waals surface area contributed by atoms with Crippen molar-refractivity contribution < 1.29 is 55.3 Å². The normalized spacial score (nSPS) is 14.9. The fraction of sp³-hybridized carbons (Fsp3) is 0.432. The van der Waals surface area contributed by atoms with Gasteiger partial charge in [-0.2, -0.15) is 36.5 Å². The highest BCUT2D eigenvalue weighted by Crippen LogP contribution is 2.32. The third kappa shape index (κ3) is 11.5. The van der Waals surface area contributed by atoms with E-state index < -0.39 is 47.7 Å². The van der Waals surface area contributed by atoms with Gasteiger partial charge in [-0.05, 0) is 69.0 Å². The Morgan fingerprint density at radius 1 is 0.737 bits per heavy atom. The minimum Gasteiger partial charge on any atom is -0.480 e. The molecule has 0 fully saturated rings. The summed E-state index contributed by atoms with van der Waals surface area (Å²) in [6, 6.07) is 9.73. The average molecular weight is 809 g/mol. The number of nitrogens with two attached hydrogens (primary N) is 1. The average Bonchev–Trinajstić information content (AvgIpc) is 3.52. The molecule has 2 amide bonds. The lowest BCUT2D eigenvalue weighted by Crippen LogP contribution is -2.31. The third-order valence-electron chi connectivity index (χ3n) is 8.95. The van der Waals surface area contributed by atoms with Crippen LogP contribution in [0.25, 0.3) is 0 Å². The van der Waals surface area contributed by atoms with Gasteiger partial charge in [0.15, 0.2) is 0 Å². The summed E-state index contributed by atoms with van der Waals surface area (Å²) in [6.45, 7) is 6.66. The van der Waals surface area contributed by atoms with Crippen molar-refractivity contribution in [1.29, 1.82) is 0 Å². The van der Waals surface area contributed by atoms with Gasteiger partial charge in [-0.25, -0.2) is 9.59 Å². The summed E-state index contributed by atoms with van der Waals surface area (Å²) in [5.74, 6) is -0.243. The number of amides is 2. The molecule has 0 aliphatic carbocycles. The number of carbonyl (C=O) groups excluding carboxylic acids is 2. The highest BCUT2D eigenvalue weighted by molar-refractivity contribution is 5.76. The molecule has 4 N–H and O–H groups in total. The number of nitrogens with zero attached hydrogens (tertiary/aromatic N) is 6. The van der Waals surface area contributed by atoms with E-state index in [9.17, 15) is 40.7 Å². The minimum atomic E-state index is -4.47. The Morgan fingerprint density at radius 2 is 1.19 bits per heavy atom. The van der Waals surface area contributed by atoms with Crippen molar-refractivity contribution in [2.75, 3.05) is 24.1 Å². The van der Waals surface area contributed by atoms with Crippen LogP contribution in [0.1, 0.15) is 64.5 Å². The number of halogens is 6. The molecule has 0 radical (unpaired) electrons. The first-order chi connectivity index (χ1) is 26.7. The Balaban J connectivity index is 0.000000221. The molecule has 6 rings (SSSR count). The van der Waals surface area contributed by atoms with Crippen molar-refractivity contribution >= 4 is 29.8 Å². The quantitative estimate of drug-likeness (QED) is 0.166. The van der Waals surface area contributed by atoms with Crippen LogP contribution in [0.5, 0.6) is 0 Å². The molecule has 57 heavy (non-hydrogen) atoms. The summed E-state index contributed by atoms with van der Waals surface area (Å²) in [7, 11) is 0. The number of hydrogen-bond acceptors (Lipinski definition) is 9. The van der Waals surface area contributed by atoms with E-state index in [4.69, 9.17) is 20.3 Å². The Morgan fingerprint density at radius 3 is 1.65 bits per heavy atom. The van der Waals surface area contributed by atoms with Gasteiger partial charge in [-0.15, -0.1) is 0 Å². The second-order valence-corrected chi connectivity index (χ2v) is 13.8. The van der Waals surface area contributed by atoms with Crippen LogP contribution in [0.15, 0.2) is 48.5 Å². The number of nitrogens with one attached hydrogen (secondary N) is 1. The fourth-order valence-corrected chi connectivity index (χ4v) is 6.30. The third-order valence-corrected chi connectivity index (χ3v) is 8.95. The first kappa shape index (κ1) is 42.2. The number of aromatic nitrogens is 4. The Labute approximate surface area is 323 Å². The maximum Gasteiger partial charge on any atom is 0.416 e. The zero-order valence-electron chi connectivity index (χ0n) is 31.3. The standard InChI is InChI=1S/C20H23F3N4O4.C17H19F3N4O2/c1-12-6-14(8-15(7-12)20(21,22)23)11-31-19(30)26-4-3-5-27-16(10-26)9-17(25-27)24-13(2)18(28)29;1-11-5-12(7-13(6-11)17(18,19)20)10-26-16(25)23-3-2-4-24-14(9-23)8-15(21)22-24/h6-9,13H,3-5,10-11H2,1-2H3,(H,24,25)(H,28,29);5-8H,2-4,9-10H2,1H3,(H2,21,22). The minimum absolute atomic E-state index is 0.191. The molecule has 0 bridgehead atoms. The van der Waals surface area contributed by atoms with Crippen LogP contribution in [0.3, 0.4) is 0 Å². The van der Waals surface area contributed by atoms with Crippen LogP contribution < -0.4 is 11.1 Å². The predicted molar refractivity (Wildman–Crippen MR) is 192 cm³/mol. The zero-order valence-corrected chi connectivity index (χ0v) is 31.3. The van der Waals surface area contributed by atoms with Crippen molar-refractivity contribution in [2.45, 2.75) is 91.4 Å². The van der Waals surface area contributed by atoms with E-state index >= 15 is 0 Å². The Hall–Kier alpha value is -5.95. The molecule has 1 unspecified atom stereocenters. The number of anilines is 2. The van der Waals surface area contributed by atoms with Crippen LogP contribution in [0.2, 0.25) is 0 Å². The van der Waals surface area contributed by atoms with Crippen LogP contribution in [0, 0.1) is 13.8 Å². The zero-order chi connectivity index (χ0) is 41.7. The van der Waals surface area contributed by atoms with E-state index in [0.29, 0.717) is 79.6 Å². The number of fused-ring (bicyclic) bond motifs is 2. The second-order valence-electron chi connectivity index (χ2n) is 13.8. The van der Waals surface area contributed by atoms with Crippen molar-refractivity contribution in [2.24, 2.45) is 0 Å². The van der Waals surface area contributed by atoms with Crippen LogP contribution >= 0.6 is 0 Å². The number of carbonyl (C=O) groups is 3. The summed E-state index contributed by atoms with van der Waals surface area (Å²) in [4.78, 5) is 38.8.